The number of hydrogen-bond acceptors (Lipinski definition) is 0. The number of aromatic nitrogens is 1. The number of nitrogens with zero attached hydrogens (tertiary/aromatic N) is 1. The molecule has 4 aromatic rings. The van der Waals surface area contributed by atoms with Crippen molar-refractivity contribution in [3.63, 3.8) is 0 Å². The van der Waals surface area contributed by atoms with E-state index in [9.17, 15) is 0 Å². The molecule has 23 heavy (non-hydrogen) atoms. The van der Waals surface area contributed by atoms with Crippen molar-refractivity contribution in [3.05, 3.63) is 77.4 Å². The topological polar surface area (TPSA) is 4.93 Å². The van der Waals surface area contributed by atoms with E-state index in [1.807, 2.05) is 0 Å². The molecule has 3 aromatic carbocycles. The van der Waals surface area contributed by atoms with Crippen LogP contribution in [-0.4, -0.2) is 4.57 Å². The summed E-state index contributed by atoms with van der Waals surface area (Å²) >= 11 is 0. The van der Waals surface area contributed by atoms with Crippen molar-refractivity contribution in [2.24, 2.45) is 0 Å². The molecule has 0 fully saturated rings. The Bertz CT molecular complexity index is 962. The summed E-state index contributed by atoms with van der Waals surface area (Å²) in [4.78, 5) is 0. The van der Waals surface area contributed by atoms with Crippen LogP contribution in [0.2, 0.25) is 0 Å². The number of fused-ring (bicyclic) bond motifs is 3. The van der Waals surface area contributed by atoms with Gasteiger partial charge in [-0.2, -0.15) is 0 Å². The highest BCUT2D eigenvalue weighted by Crippen LogP contribution is 2.33. The number of hydrogen-bond donors (Lipinski definition) is 0. The first-order valence-electron chi connectivity index (χ1n) is 8.28. The lowest BCUT2D eigenvalue weighted by Crippen LogP contribution is -1.95. The summed E-state index contributed by atoms with van der Waals surface area (Å²) in [6.45, 7) is 6.53. The molecule has 0 saturated heterocycles. The normalized spacial score (nSPS) is 11.4. The summed E-state index contributed by atoms with van der Waals surface area (Å²) in [7, 11) is 0. The zero-order valence-electron chi connectivity index (χ0n) is 13.9. The lowest BCUT2D eigenvalue weighted by Gasteiger charge is -2.09. The van der Waals surface area contributed by atoms with Crippen molar-refractivity contribution in [1.82, 2.24) is 4.57 Å². The van der Waals surface area contributed by atoms with Gasteiger partial charge in [-0.25, -0.2) is 0 Å². The van der Waals surface area contributed by atoms with Crippen LogP contribution in [0.25, 0.3) is 27.5 Å². The first-order chi connectivity index (χ1) is 11.2. The largest absolute Gasteiger partial charge is 0.309 e. The predicted molar refractivity (Wildman–Crippen MR) is 99.6 cm³/mol. The number of benzene rings is 3. The van der Waals surface area contributed by atoms with Crippen molar-refractivity contribution in [1.29, 1.82) is 0 Å². The van der Waals surface area contributed by atoms with E-state index in [-0.39, 0.29) is 0 Å². The molecule has 1 heteroatoms. The van der Waals surface area contributed by atoms with Crippen molar-refractivity contribution in [3.8, 4) is 5.69 Å². The maximum Gasteiger partial charge on any atom is 0.0541 e. The molecule has 0 radical (unpaired) electrons. The fourth-order valence-electron chi connectivity index (χ4n) is 3.44. The first-order valence-corrected chi connectivity index (χ1v) is 8.28. The van der Waals surface area contributed by atoms with Crippen molar-refractivity contribution >= 4 is 21.8 Å². The third-order valence-corrected chi connectivity index (χ3v) is 4.65. The SMILES string of the molecule is CCc1cccc(-n2c3ccc(C)cc3c3cc(C)ccc32)c1. The Morgan fingerprint density at radius 1 is 0.739 bits per heavy atom. The van der Waals surface area contributed by atoms with Crippen LogP contribution < -0.4 is 0 Å². The Morgan fingerprint density at radius 2 is 1.35 bits per heavy atom. The molecule has 1 heterocycles. The van der Waals surface area contributed by atoms with E-state index in [0.29, 0.717) is 0 Å². The third kappa shape index (κ3) is 2.24. The van der Waals surface area contributed by atoms with Gasteiger partial charge < -0.3 is 4.57 Å². The van der Waals surface area contributed by atoms with Crippen LogP contribution in [0.3, 0.4) is 0 Å². The molecule has 0 saturated carbocycles. The minimum Gasteiger partial charge on any atom is -0.309 e. The minimum absolute atomic E-state index is 1.06. The van der Waals surface area contributed by atoms with Crippen molar-refractivity contribution in [2.75, 3.05) is 0 Å². The molecule has 0 unspecified atom stereocenters. The van der Waals surface area contributed by atoms with Crippen molar-refractivity contribution < 1.29 is 0 Å². The van der Waals surface area contributed by atoms with Gasteiger partial charge in [0, 0.05) is 16.5 Å². The molecule has 0 atom stereocenters. The van der Waals surface area contributed by atoms with Gasteiger partial charge in [0.2, 0.25) is 0 Å². The van der Waals surface area contributed by atoms with E-state index in [1.54, 1.807) is 0 Å². The second kappa shape index (κ2) is 5.27. The summed E-state index contributed by atoms with van der Waals surface area (Å²) in [6, 6.07) is 22.4. The highest BCUT2D eigenvalue weighted by molar-refractivity contribution is 6.09. The van der Waals surface area contributed by atoms with Crippen LogP contribution >= 0.6 is 0 Å². The Balaban J connectivity index is 2.15. The monoisotopic (exact) mass is 299 g/mol. The Hall–Kier alpha value is -2.54. The van der Waals surface area contributed by atoms with Gasteiger partial charge in [0.05, 0.1) is 11.0 Å². The smallest absolute Gasteiger partial charge is 0.0541 e. The lowest BCUT2D eigenvalue weighted by molar-refractivity contribution is 1.11. The molecule has 0 aliphatic heterocycles. The third-order valence-electron chi connectivity index (χ3n) is 4.65. The second-order valence-corrected chi connectivity index (χ2v) is 6.40. The maximum atomic E-state index is 2.39. The van der Waals surface area contributed by atoms with Crippen molar-refractivity contribution in [2.45, 2.75) is 27.2 Å². The second-order valence-electron chi connectivity index (χ2n) is 6.40. The summed E-state index contributed by atoms with van der Waals surface area (Å²) in [6.07, 6.45) is 1.06. The highest BCUT2D eigenvalue weighted by atomic mass is 15.0. The van der Waals surface area contributed by atoms with Gasteiger partial charge >= 0.3 is 0 Å². The molecular weight excluding hydrogens is 278 g/mol. The molecule has 0 amide bonds. The number of rotatable bonds is 2. The molecule has 1 aromatic heterocycles. The van der Waals surface area contributed by atoms with Crippen LogP contribution in [0.15, 0.2) is 60.7 Å². The minimum atomic E-state index is 1.06. The van der Waals surface area contributed by atoms with E-state index in [2.05, 4.69) is 86.0 Å². The fraction of sp³-hybridized carbons (Fsp3) is 0.182. The average molecular weight is 299 g/mol. The average Bonchev–Trinajstić information content (AvgIpc) is 2.88. The first kappa shape index (κ1) is 14.1. The molecule has 114 valence electrons. The molecule has 4 rings (SSSR count). The zero-order valence-corrected chi connectivity index (χ0v) is 13.9. The van der Waals surface area contributed by atoms with Gasteiger partial charge in [0.15, 0.2) is 0 Å². The molecule has 0 aliphatic carbocycles. The summed E-state index contributed by atoms with van der Waals surface area (Å²) in [5, 5.41) is 2.68. The lowest BCUT2D eigenvalue weighted by atomic mass is 10.1. The van der Waals surface area contributed by atoms with Gasteiger partial charge in [0.25, 0.3) is 0 Å². The van der Waals surface area contributed by atoms with Gasteiger partial charge in [-0.1, -0.05) is 42.3 Å². The molecule has 0 aliphatic rings. The Labute approximate surface area is 137 Å². The Kier molecular flexibility index (Phi) is 3.23. The van der Waals surface area contributed by atoms with E-state index in [1.165, 1.54) is 44.2 Å². The van der Waals surface area contributed by atoms with Crippen LogP contribution in [-0.2, 0) is 6.42 Å². The quantitative estimate of drug-likeness (QED) is 0.430. The van der Waals surface area contributed by atoms with Gasteiger partial charge in [0.1, 0.15) is 0 Å². The molecule has 1 nitrogen and oxygen atoms in total. The Morgan fingerprint density at radius 3 is 1.91 bits per heavy atom. The zero-order chi connectivity index (χ0) is 16.0. The van der Waals surface area contributed by atoms with E-state index < -0.39 is 0 Å². The van der Waals surface area contributed by atoms with Gasteiger partial charge in [-0.3, -0.25) is 0 Å². The standard InChI is InChI=1S/C22H21N/c1-4-17-6-5-7-18(14-17)23-21-10-8-15(2)12-19(21)20-13-16(3)9-11-22(20)23/h5-14H,4H2,1-3H3. The van der Waals surface area contributed by atoms with Crippen LogP contribution in [0.5, 0.6) is 0 Å². The van der Waals surface area contributed by atoms with Gasteiger partial charge in [-0.15, -0.1) is 0 Å². The van der Waals surface area contributed by atoms with E-state index >= 15 is 0 Å². The highest BCUT2D eigenvalue weighted by Gasteiger charge is 2.12. The van der Waals surface area contributed by atoms with Crippen LogP contribution in [0.4, 0.5) is 0 Å². The maximum absolute atomic E-state index is 2.39. The van der Waals surface area contributed by atoms with Gasteiger partial charge in [-0.05, 0) is 62.2 Å². The molecule has 0 spiro atoms. The molecule has 0 bridgehead atoms. The van der Waals surface area contributed by atoms with Crippen LogP contribution in [0.1, 0.15) is 23.6 Å². The van der Waals surface area contributed by atoms with E-state index in [0.717, 1.165) is 6.42 Å². The summed E-state index contributed by atoms with van der Waals surface area (Å²) in [5.41, 5.74) is 7.79. The molecular formula is C22H21N. The predicted octanol–water partition coefficient (Wildman–Crippen LogP) is 5.96. The van der Waals surface area contributed by atoms with Crippen LogP contribution in [0, 0.1) is 13.8 Å². The van der Waals surface area contributed by atoms with E-state index in [4.69, 9.17) is 0 Å². The number of aryl methyl sites for hydroxylation is 3. The molecule has 0 N–H and O–H groups in total. The summed E-state index contributed by atoms with van der Waals surface area (Å²) < 4.78 is 2.39. The fourth-order valence-corrected chi connectivity index (χ4v) is 3.44. The summed E-state index contributed by atoms with van der Waals surface area (Å²) in [5.74, 6) is 0.